The lowest BCUT2D eigenvalue weighted by atomic mass is 10.0. The van der Waals surface area contributed by atoms with Gasteiger partial charge in [0.1, 0.15) is 6.67 Å². The average molecular weight is 300 g/mol. The zero-order valence-corrected chi connectivity index (χ0v) is 10.1. The van der Waals surface area contributed by atoms with Gasteiger partial charge in [0.2, 0.25) is 6.17 Å². The van der Waals surface area contributed by atoms with Crippen molar-refractivity contribution in [3.63, 3.8) is 0 Å². The molecule has 0 aliphatic heterocycles. The maximum Gasteiger partial charge on any atom is 0.317 e. The summed E-state index contributed by atoms with van der Waals surface area (Å²) in [6.07, 6.45) is -9.13. The molecule has 1 nitrogen and oxygen atoms in total. The second-order valence-corrected chi connectivity index (χ2v) is 4.78. The van der Waals surface area contributed by atoms with E-state index in [9.17, 15) is 35.5 Å². The monoisotopic (exact) mass is 300 g/mol. The highest BCUT2D eigenvalue weighted by molar-refractivity contribution is 8.13. The van der Waals surface area contributed by atoms with Gasteiger partial charge in [0.05, 0.1) is 0 Å². The molecular formula is C9H11F7OS. The van der Waals surface area contributed by atoms with Crippen molar-refractivity contribution < 1.29 is 35.5 Å². The molecule has 0 radical (unpaired) electrons. The molecule has 9 heteroatoms. The van der Waals surface area contributed by atoms with Gasteiger partial charge in [-0.3, -0.25) is 4.79 Å². The number of alkyl halides is 7. The van der Waals surface area contributed by atoms with E-state index in [-0.39, 0.29) is 0 Å². The topological polar surface area (TPSA) is 17.1 Å². The smallest absolute Gasteiger partial charge is 0.288 e. The highest BCUT2D eigenvalue weighted by atomic mass is 32.2. The first kappa shape index (κ1) is 17.5. The standard InChI is InChI=1S/C9H11F7OS/c1-5(17)18-3-2-8(13,14)7(12)9(15,16)6(11)4-10/h6-7H,2-4H2,1H3. The van der Waals surface area contributed by atoms with E-state index in [1.165, 1.54) is 0 Å². The minimum atomic E-state index is -5.11. The van der Waals surface area contributed by atoms with E-state index in [0.717, 1.165) is 6.92 Å². The first-order valence-electron chi connectivity index (χ1n) is 4.78. The van der Waals surface area contributed by atoms with Crippen molar-refractivity contribution in [2.75, 3.05) is 12.4 Å². The molecular weight excluding hydrogens is 289 g/mol. The second kappa shape index (κ2) is 6.63. The molecule has 0 heterocycles. The molecule has 0 amide bonds. The highest BCUT2D eigenvalue weighted by Crippen LogP contribution is 2.39. The first-order chi connectivity index (χ1) is 8.05. The molecule has 108 valence electrons. The lowest BCUT2D eigenvalue weighted by Gasteiger charge is -2.28. The van der Waals surface area contributed by atoms with Crippen molar-refractivity contribution in [1.29, 1.82) is 0 Å². The molecule has 0 saturated carbocycles. The Labute approximate surface area is 103 Å². The minimum absolute atomic E-state index is 0.402. The van der Waals surface area contributed by atoms with Gasteiger partial charge in [-0.1, -0.05) is 11.8 Å². The van der Waals surface area contributed by atoms with Crippen LogP contribution in [-0.4, -0.2) is 41.7 Å². The molecule has 0 N–H and O–H groups in total. The number of carbonyl (C=O) groups is 1. The number of thioether (sulfide) groups is 1. The van der Waals surface area contributed by atoms with Crippen LogP contribution in [0, 0.1) is 0 Å². The van der Waals surface area contributed by atoms with Gasteiger partial charge >= 0.3 is 5.92 Å². The van der Waals surface area contributed by atoms with Crippen LogP contribution in [0.3, 0.4) is 0 Å². The van der Waals surface area contributed by atoms with Crippen molar-refractivity contribution in [3.8, 4) is 0 Å². The predicted octanol–water partition coefficient (Wildman–Crippen LogP) is 3.57. The Morgan fingerprint density at radius 3 is 2.11 bits per heavy atom. The fourth-order valence-corrected chi connectivity index (χ4v) is 1.66. The zero-order chi connectivity index (χ0) is 14.6. The number of hydrogen-bond acceptors (Lipinski definition) is 2. The molecule has 2 unspecified atom stereocenters. The van der Waals surface area contributed by atoms with Gasteiger partial charge in [-0.25, -0.2) is 22.0 Å². The number of carbonyl (C=O) groups excluding carboxylic acids is 1. The van der Waals surface area contributed by atoms with Gasteiger partial charge in [0, 0.05) is 19.1 Å². The first-order valence-corrected chi connectivity index (χ1v) is 5.77. The molecule has 18 heavy (non-hydrogen) atoms. The third-order valence-corrected chi connectivity index (χ3v) is 2.82. The third-order valence-electron chi connectivity index (χ3n) is 2.00. The number of hydrogen-bond donors (Lipinski definition) is 0. The third kappa shape index (κ3) is 4.66. The number of rotatable bonds is 7. The van der Waals surface area contributed by atoms with Gasteiger partial charge < -0.3 is 0 Å². The summed E-state index contributed by atoms with van der Waals surface area (Å²) >= 11 is 0.402. The summed E-state index contributed by atoms with van der Waals surface area (Å²) in [7, 11) is 0. The van der Waals surface area contributed by atoms with E-state index in [1.807, 2.05) is 0 Å². The SMILES string of the molecule is CC(=O)SCCC(F)(F)C(F)C(F)(F)C(F)CF. The van der Waals surface area contributed by atoms with Gasteiger partial charge in [-0.15, -0.1) is 0 Å². The molecule has 0 spiro atoms. The molecule has 0 aliphatic carbocycles. The normalized spacial score (nSPS) is 16.4. The zero-order valence-electron chi connectivity index (χ0n) is 9.24. The summed E-state index contributed by atoms with van der Waals surface area (Å²) in [4.78, 5) is 10.4. The van der Waals surface area contributed by atoms with Crippen LogP contribution in [0.2, 0.25) is 0 Å². The largest absolute Gasteiger partial charge is 0.317 e. The van der Waals surface area contributed by atoms with Crippen LogP contribution < -0.4 is 0 Å². The predicted molar refractivity (Wildman–Crippen MR) is 53.4 cm³/mol. The summed E-state index contributed by atoms with van der Waals surface area (Å²) < 4.78 is 88.5. The molecule has 0 aromatic carbocycles. The fraction of sp³-hybridized carbons (Fsp3) is 0.889. The fourth-order valence-electron chi connectivity index (χ4n) is 1.00. The van der Waals surface area contributed by atoms with Crippen LogP contribution >= 0.6 is 11.8 Å². The van der Waals surface area contributed by atoms with Crippen LogP contribution in [0.4, 0.5) is 30.7 Å². The molecule has 0 rings (SSSR count). The Morgan fingerprint density at radius 2 is 1.72 bits per heavy atom. The van der Waals surface area contributed by atoms with Crippen LogP contribution in [0.15, 0.2) is 0 Å². The Kier molecular flexibility index (Phi) is 6.45. The van der Waals surface area contributed by atoms with E-state index in [4.69, 9.17) is 0 Å². The van der Waals surface area contributed by atoms with Gasteiger partial charge in [0.25, 0.3) is 5.92 Å². The Balaban J connectivity index is 4.62. The van der Waals surface area contributed by atoms with Crippen LogP contribution in [0.1, 0.15) is 13.3 Å². The Bertz CT molecular complexity index is 284. The highest BCUT2D eigenvalue weighted by Gasteiger charge is 2.59. The summed E-state index contributed by atoms with van der Waals surface area (Å²) in [5.74, 6) is -10.2. The maximum atomic E-state index is 13.0. The molecule has 0 aromatic heterocycles. The summed E-state index contributed by atoms with van der Waals surface area (Å²) in [5, 5.41) is -0.542. The van der Waals surface area contributed by atoms with Crippen molar-refractivity contribution in [1.82, 2.24) is 0 Å². The van der Waals surface area contributed by atoms with Gasteiger partial charge in [0.15, 0.2) is 11.3 Å². The van der Waals surface area contributed by atoms with E-state index in [1.54, 1.807) is 0 Å². The quantitative estimate of drug-likeness (QED) is 0.669. The van der Waals surface area contributed by atoms with Crippen molar-refractivity contribution in [2.45, 2.75) is 37.5 Å². The number of halogens is 7. The van der Waals surface area contributed by atoms with Crippen LogP contribution in [-0.2, 0) is 4.79 Å². The Hall–Kier alpha value is -0.470. The lowest BCUT2D eigenvalue weighted by molar-refractivity contribution is -0.209. The van der Waals surface area contributed by atoms with Crippen LogP contribution in [0.25, 0.3) is 0 Å². The van der Waals surface area contributed by atoms with E-state index >= 15 is 0 Å². The van der Waals surface area contributed by atoms with Crippen molar-refractivity contribution in [2.24, 2.45) is 0 Å². The molecule has 0 aliphatic rings. The molecule has 0 fully saturated rings. The van der Waals surface area contributed by atoms with E-state index in [0.29, 0.717) is 11.8 Å². The van der Waals surface area contributed by atoms with Gasteiger partial charge in [-0.05, 0) is 0 Å². The van der Waals surface area contributed by atoms with E-state index < -0.39 is 48.2 Å². The minimum Gasteiger partial charge on any atom is -0.288 e. The second-order valence-electron chi connectivity index (χ2n) is 3.51. The summed E-state index contributed by atoms with van der Waals surface area (Å²) in [6, 6.07) is 0. The maximum absolute atomic E-state index is 13.0. The molecule has 2 atom stereocenters. The summed E-state index contributed by atoms with van der Waals surface area (Å²) in [5.41, 5.74) is 0. The van der Waals surface area contributed by atoms with Crippen LogP contribution in [0.5, 0.6) is 0 Å². The lowest BCUT2D eigenvalue weighted by Crippen LogP contribution is -2.50. The van der Waals surface area contributed by atoms with E-state index in [2.05, 4.69) is 0 Å². The molecule has 0 saturated heterocycles. The van der Waals surface area contributed by atoms with Crippen molar-refractivity contribution >= 4 is 16.9 Å². The van der Waals surface area contributed by atoms with Crippen molar-refractivity contribution in [3.05, 3.63) is 0 Å². The Morgan fingerprint density at radius 1 is 1.22 bits per heavy atom. The average Bonchev–Trinajstić information content (AvgIpc) is 2.25. The van der Waals surface area contributed by atoms with Gasteiger partial charge in [-0.2, -0.15) is 8.78 Å². The summed E-state index contributed by atoms with van der Waals surface area (Å²) in [6.45, 7) is -1.20. The molecule has 0 aromatic rings. The molecule has 0 bridgehead atoms.